The molecule has 3 atom stereocenters. The highest BCUT2D eigenvalue weighted by Crippen LogP contribution is 2.44. The van der Waals surface area contributed by atoms with Crippen molar-refractivity contribution in [3.05, 3.63) is 0 Å². The van der Waals surface area contributed by atoms with E-state index in [0.29, 0.717) is 18.9 Å². The summed E-state index contributed by atoms with van der Waals surface area (Å²) in [5, 5.41) is 12.1. The number of hydrogen-bond donors (Lipinski definition) is 2. The molecule has 2 amide bonds. The number of urea groups is 1. The Morgan fingerprint density at radius 1 is 1.39 bits per heavy atom. The van der Waals surface area contributed by atoms with Gasteiger partial charge in [0.25, 0.3) is 0 Å². The summed E-state index contributed by atoms with van der Waals surface area (Å²) in [6.45, 7) is 6.78. The molecule has 1 saturated carbocycles. The number of carboxylic acid groups (broad SMARTS) is 1. The van der Waals surface area contributed by atoms with Gasteiger partial charge in [0.05, 0.1) is 0 Å². The third-order valence-electron chi connectivity index (χ3n) is 4.22. The molecule has 5 nitrogen and oxygen atoms in total. The van der Waals surface area contributed by atoms with E-state index in [1.807, 2.05) is 6.92 Å². The normalized spacial score (nSPS) is 33.9. The van der Waals surface area contributed by atoms with Gasteiger partial charge < -0.3 is 15.3 Å². The fraction of sp³-hybridized carbons (Fsp3) is 0.846. The van der Waals surface area contributed by atoms with Crippen LogP contribution in [0.3, 0.4) is 0 Å². The Kier molecular flexibility index (Phi) is 3.25. The first kappa shape index (κ1) is 13.2. The lowest BCUT2D eigenvalue weighted by atomic mass is 9.93. The van der Waals surface area contributed by atoms with Gasteiger partial charge in [-0.25, -0.2) is 9.59 Å². The topological polar surface area (TPSA) is 69.6 Å². The second kappa shape index (κ2) is 4.44. The summed E-state index contributed by atoms with van der Waals surface area (Å²) in [7, 11) is 0. The highest BCUT2D eigenvalue weighted by Gasteiger charge is 2.48. The van der Waals surface area contributed by atoms with Gasteiger partial charge in [0.15, 0.2) is 0 Å². The third kappa shape index (κ3) is 2.60. The van der Waals surface area contributed by atoms with Crippen molar-refractivity contribution in [1.82, 2.24) is 10.2 Å². The molecule has 0 aromatic carbocycles. The molecule has 0 spiro atoms. The zero-order valence-electron chi connectivity index (χ0n) is 11.3. The summed E-state index contributed by atoms with van der Waals surface area (Å²) in [4.78, 5) is 24.8. The van der Waals surface area contributed by atoms with E-state index in [0.717, 1.165) is 12.8 Å². The van der Waals surface area contributed by atoms with Crippen LogP contribution in [0.2, 0.25) is 0 Å². The van der Waals surface area contributed by atoms with Crippen LogP contribution in [0, 0.1) is 11.3 Å². The smallest absolute Gasteiger partial charge is 0.326 e. The number of nitrogens with one attached hydrogen (secondary N) is 1. The van der Waals surface area contributed by atoms with E-state index < -0.39 is 12.0 Å². The number of carboxylic acids is 1. The molecule has 2 aliphatic rings. The SMILES string of the molecule is CC1CCN(C(=O)NC2CC2(C)C)C(C(=O)O)C1. The van der Waals surface area contributed by atoms with E-state index in [-0.39, 0.29) is 17.5 Å². The van der Waals surface area contributed by atoms with Gasteiger partial charge in [0.2, 0.25) is 0 Å². The highest BCUT2D eigenvalue weighted by atomic mass is 16.4. The highest BCUT2D eigenvalue weighted by molar-refractivity contribution is 5.83. The predicted molar refractivity (Wildman–Crippen MR) is 67.2 cm³/mol. The number of hydrogen-bond acceptors (Lipinski definition) is 2. The van der Waals surface area contributed by atoms with Crippen LogP contribution in [0.15, 0.2) is 0 Å². The molecule has 18 heavy (non-hydrogen) atoms. The van der Waals surface area contributed by atoms with Crippen LogP contribution >= 0.6 is 0 Å². The minimum absolute atomic E-state index is 0.164. The molecule has 5 heteroatoms. The van der Waals surface area contributed by atoms with Crippen LogP contribution in [0.5, 0.6) is 0 Å². The fourth-order valence-electron chi connectivity index (χ4n) is 2.56. The third-order valence-corrected chi connectivity index (χ3v) is 4.22. The Balaban J connectivity index is 1.97. The maximum Gasteiger partial charge on any atom is 0.326 e. The predicted octanol–water partition coefficient (Wildman–Crippen LogP) is 1.68. The monoisotopic (exact) mass is 254 g/mol. The number of rotatable bonds is 2. The Bertz CT molecular complexity index is 367. The van der Waals surface area contributed by atoms with Crippen molar-refractivity contribution in [3.63, 3.8) is 0 Å². The fourth-order valence-corrected chi connectivity index (χ4v) is 2.56. The standard InChI is InChI=1S/C13H22N2O3/c1-8-4-5-15(9(6-8)11(16)17)12(18)14-10-7-13(10,2)3/h8-10H,4-7H2,1-3H3,(H,14,18)(H,16,17). The molecular weight excluding hydrogens is 232 g/mol. The van der Waals surface area contributed by atoms with E-state index in [4.69, 9.17) is 0 Å². The summed E-state index contributed by atoms with van der Waals surface area (Å²) in [5.41, 5.74) is 0.164. The van der Waals surface area contributed by atoms with Gasteiger partial charge in [-0.3, -0.25) is 0 Å². The van der Waals surface area contributed by atoms with Crippen molar-refractivity contribution in [2.24, 2.45) is 11.3 Å². The summed E-state index contributed by atoms with van der Waals surface area (Å²) in [6, 6.07) is -0.695. The van der Waals surface area contributed by atoms with Gasteiger partial charge in [0.1, 0.15) is 6.04 Å². The maximum absolute atomic E-state index is 12.1. The minimum Gasteiger partial charge on any atom is -0.480 e. The van der Waals surface area contributed by atoms with Crippen molar-refractivity contribution in [1.29, 1.82) is 0 Å². The number of likely N-dealkylation sites (tertiary alicyclic amines) is 1. The Labute approximate surface area is 108 Å². The molecule has 0 aromatic heterocycles. The molecule has 0 radical (unpaired) electrons. The second-order valence-corrected chi connectivity index (χ2v) is 6.37. The summed E-state index contributed by atoms with van der Waals surface area (Å²) in [6.07, 6.45) is 2.41. The van der Waals surface area contributed by atoms with Gasteiger partial charge in [0, 0.05) is 12.6 Å². The van der Waals surface area contributed by atoms with Crippen molar-refractivity contribution in [2.45, 2.75) is 52.1 Å². The maximum atomic E-state index is 12.1. The molecule has 0 aromatic rings. The quantitative estimate of drug-likeness (QED) is 0.787. The second-order valence-electron chi connectivity index (χ2n) is 6.37. The largest absolute Gasteiger partial charge is 0.480 e. The zero-order chi connectivity index (χ0) is 13.5. The molecule has 2 rings (SSSR count). The Morgan fingerprint density at radius 3 is 2.50 bits per heavy atom. The van der Waals surface area contributed by atoms with Crippen LogP contribution in [0.1, 0.15) is 40.0 Å². The average Bonchev–Trinajstić information content (AvgIpc) is 2.85. The lowest BCUT2D eigenvalue weighted by Gasteiger charge is -2.36. The molecule has 2 fully saturated rings. The molecule has 1 aliphatic carbocycles. The first-order chi connectivity index (χ1) is 8.31. The van der Waals surface area contributed by atoms with Crippen molar-refractivity contribution >= 4 is 12.0 Å². The molecular formula is C13H22N2O3. The molecule has 2 N–H and O–H groups in total. The summed E-state index contributed by atoms with van der Waals surface area (Å²) >= 11 is 0. The van der Waals surface area contributed by atoms with Crippen LogP contribution in [0.4, 0.5) is 4.79 Å². The molecule has 0 bridgehead atoms. The summed E-state index contributed by atoms with van der Waals surface area (Å²) < 4.78 is 0. The van der Waals surface area contributed by atoms with Gasteiger partial charge in [-0.05, 0) is 30.6 Å². The summed E-state index contributed by atoms with van der Waals surface area (Å²) in [5.74, 6) is -0.528. The van der Waals surface area contributed by atoms with Crippen LogP contribution in [-0.4, -0.2) is 40.6 Å². The van der Waals surface area contributed by atoms with Crippen molar-refractivity contribution < 1.29 is 14.7 Å². The van der Waals surface area contributed by atoms with Gasteiger partial charge in [-0.2, -0.15) is 0 Å². The number of carbonyl (C=O) groups excluding carboxylic acids is 1. The lowest BCUT2D eigenvalue weighted by Crippen LogP contribution is -2.54. The van der Waals surface area contributed by atoms with E-state index in [9.17, 15) is 14.7 Å². The van der Waals surface area contributed by atoms with E-state index in [1.54, 1.807) is 0 Å². The minimum atomic E-state index is -0.897. The Morgan fingerprint density at radius 2 is 2.00 bits per heavy atom. The number of piperidine rings is 1. The van der Waals surface area contributed by atoms with Gasteiger partial charge in [-0.15, -0.1) is 0 Å². The molecule has 1 heterocycles. The molecule has 3 unspecified atom stereocenters. The van der Waals surface area contributed by atoms with Crippen molar-refractivity contribution in [2.75, 3.05) is 6.54 Å². The zero-order valence-corrected chi connectivity index (χ0v) is 11.3. The van der Waals surface area contributed by atoms with E-state index in [1.165, 1.54) is 4.90 Å². The number of amides is 2. The first-order valence-corrected chi connectivity index (χ1v) is 6.61. The van der Waals surface area contributed by atoms with Crippen molar-refractivity contribution in [3.8, 4) is 0 Å². The van der Waals surface area contributed by atoms with Crippen LogP contribution in [-0.2, 0) is 4.79 Å². The number of aliphatic carboxylic acids is 1. The molecule has 1 saturated heterocycles. The van der Waals surface area contributed by atoms with Gasteiger partial charge in [-0.1, -0.05) is 20.8 Å². The average molecular weight is 254 g/mol. The van der Waals surface area contributed by atoms with E-state index >= 15 is 0 Å². The first-order valence-electron chi connectivity index (χ1n) is 6.61. The molecule has 1 aliphatic heterocycles. The van der Waals surface area contributed by atoms with Crippen LogP contribution < -0.4 is 5.32 Å². The molecule has 102 valence electrons. The van der Waals surface area contributed by atoms with Gasteiger partial charge >= 0.3 is 12.0 Å². The number of nitrogens with zero attached hydrogens (tertiary/aromatic N) is 1. The Hall–Kier alpha value is -1.26. The van der Waals surface area contributed by atoms with E-state index in [2.05, 4.69) is 19.2 Å². The number of carbonyl (C=O) groups is 2. The van der Waals surface area contributed by atoms with Crippen LogP contribution in [0.25, 0.3) is 0 Å². The lowest BCUT2D eigenvalue weighted by molar-refractivity contribution is -0.143.